The molecule has 2 N–H and O–H groups in total. The molecule has 0 saturated heterocycles. The number of nitrogens with two attached hydrogens (primary N) is 1. The molecule has 24 heavy (non-hydrogen) atoms. The van der Waals surface area contributed by atoms with Gasteiger partial charge in [0.25, 0.3) is 5.91 Å². The zero-order valence-electron chi connectivity index (χ0n) is 14.2. The zero-order valence-corrected chi connectivity index (χ0v) is 14.9. The van der Waals surface area contributed by atoms with E-state index in [4.69, 9.17) is 22.1 Å². The van der Waals surface area contributed by atoms with Crippen LogP contribution in [0.5, 0.6) is 0 Å². The van der Waals surface area contributed by atoms with Crippen LogP contribution < -0.4 is 5.73 Å². The van der Waals surface area contributed by atoms with Crippen molar-refractivity contribution in [1.29, 1.82) is 0 Å². The Morgan fingerprint density at radius 3 is 2.54 bits per heavy atom. The normalized spacial score (nSPS) is 11.0. The Kier molecular flexibility index (Phi) is 5.33. The molecule has 0 unspecified atom stereocenters. The molecule has 0 aliphatic heterocycles. The van der Waals surface area contributed by atoms with E-state index in [0.717, 1.165) is 11.1 Å². The molecule has 6 heteroatoms. The number of methoxy groups -OCH3 is 1. The molecule has 0 aliphatic carbocycles. The molecule has 2 rings (SSSR count). The summed E-state index contributed by atoms with van der Waals surface area (Å²) in [7, 11) is 1.56. The summed E-state index contributed by atoms with van der Waals surface area (Å²) >= 11 is 6.20. The number of benzene rings is 1. The van der Waals surface area contributed by atoms with Gasteiger partial charge in [-0.25, -0.2) is 4.98 Å². The summed E-state index contributed by atoms with van der Waals surface area (Å²) in [5.41, 5.74) is 7.44. The monoisotopic (exact) mass is 345 g/mol. The van der Waals surface area contributed by atoms with E-state index in [9.17, 15) is 4.79 Å². The molecule has 0 bridgehead atoms. The van der Waals surface area contributed by atoms with Crippen LogP contribution in [-0.2, 0) is 11.3 Å². The number of carbonyl (C=O) groups is 1. The smallest absolute Gasteiger partial charge is 0.268 e. The minimum absolute atomic E-state index is 0.170. The lowest BCUT2D eigenvalue weighted by Gasteiger charge is -2.14. The third-order valence-electron chi connectivity index (χ3n) is 3.61. The first kappa shape index (κ1) is 18.1. The second-order valence-corrected chi connectivity index (χ2v) is 6.32. The number of amides is 1. The Morgan fingerprint density at radius 2 is 2.00 bits per heavy atom. The summed E-state index contributed by atoms with van der Waals surface area (Å²) in [5, 5.41) is 0.170. The van der Waals surface area contributed by atoms with Gasteiger partial charge in [-0.05, 0) is 43.9 Å². The Morgan fingerprint density at radius 1 is 1.38 bits per heavy atom. The fourth-order valence-electron chi connectivity index (χ4n) is 2.04. The van der Waals surface area contributed by atoms with E-state index >= 15 is 0 Å². The molecule has 0 spiro atoms. The van der Waals surface area contributed by atoms with Gasteiger partial charge in [-0.2, -0.15) is 0 Å². The molecule has 1 amide bonds. The standard InChI is InChI=1S/C18H20ClN3O2/c1-12-5-7-13(8-6-12)11-22-15(16(20)23)14(21-17(22)19)9-10-18(2,3)24-4/h5-8H,11H2,1-4H3,(H2,20,23). The van der Waals surface area contributed by atoms with E-state index in [2.05, 4.69) is 16.8 Å². The average Bonchev–Trinajstić information content (AvgIpc) is 2.84. The number of ether oxygens (including phenoxy) is 1. The number of carbonyl (C=O) groups excluding carboxylic acids is 1. The molecule has 1 heterocycles. The van der Waals surface area contributed by atoms with Crippen molar-refractivity contribution in [2.24, 2.45) is 5.73 Å². The van der Waals surface area contributed by atoms with Crippen molar-refractivity contribution in [2.45, 2.75) is 32.9 Å². The summed E-state index contributed by atoms with van der Waals surface area (Å²) < 4.78 is 6.81. The first-order valence-corrected chi connectivity index (χ1v) is 7.81. The third kappa shape index (κ3) is 4.16. The van der Waals surface area contributed by atoms with Crippen molar-refractivity contribution in [1.82, 2.24) is 9.55 Å². The molecule has 0 aliphatic rings. The summed E-state index contributed by atoms with van der Waals surface area (Å²) in [6, 6.07) is 7.92. The second kappa shape index (κ2) is 7.08. The van der Waals surface area contributed by atoms with Crippen LogP contribution in [0.25, 0.3) is 0 Å². The fourth-order valence-corrected chi connectivity index (χ4v) is 2.27. The van der Waals surface area contributed by atoms with Gasteiger partial charge in [0.05, 0.1) is 6.54 Å². The van der Waals surface area contributed by atoms with Crippen LogP contribution in [0, 0.1) is 18.8 Å². The molecule has 0 radical (unpaired) electrons. The van der Waals surface area contributed by atoms with Gasteiger partial charge in [-0.15, -0.1) is 0 Å². The van der Waals surface area contributed by atoms with Crippen LogP contribution >= 0.6 is 11.6 Å². The summed E-state index contributed by atoms with van der Waals surface area (Å²) in [6.45, 7) is 6.03. The number of imidazole rings is 1. The minimum Gasteiger partial charge on any atom is -0.366 e. The highest BCUT2D eigenvalue weighted by molar-refractivity contribution is 6.29. The topological polar surface area (TPSA) is 70.1 Å². The van der Waals surface area contributed by atoms with Crippen LogP contribution in [0.3, 0.4) is 0 Å². The maximum atomic E-state index is 11.9. The van der Waals surface area contributed by atoms with Gasteiger partial charge >= 0.3 is 0 Å². The van der Waals surface area contributed by atoms with Crippen molar-refractivity contribution < 1.29 is 9.53 Å². The van der Waals surface area contributed by atoms with E-state index in [0.29, 0.717) is 6.54 Å². The van der Waals surface area contributed by atoms with Gasteiger partial charge in [-0.1, -0.05) is 35.7 Å². The van der Waals surface area contributed by atoms with Gasteiger partial charge in [0.15, 0.2) is 0 Å². The largest absolute Gasteiger partial charge is 0.366 e. The van der Waals surface area contributed by atoms with Crippen molar-refractivity contribution in [2.75, 3.05) is 7.11 Å². The maximum absolute atomic E-state index is 11.9. The van der Waals surface area contributed by atoms with E-state index in [1.165, 1.54) is 0 Å². The Balaban J connectivity index is 2.45. The molecule has 126 valence electrons. The van der Waals surface area contributed by atoms with E-state index in [1.54, 1.807) is 11.7 Å². The summed E-state index contributed by atoms with van der Waals surface area (Å²) in [5.74, 6) is 5.14. The third-order valence-corrected chi connectivity index (χ3v) is 3.90. The maximum Gasteiger partial charge on any atom is 0.268 e. The van der Waals surface area contributed by atoms with Crippen LogP contribution in [0.2, 0.25) is 5.28 Å². The number of aromatic nitrogens is 2. The van der Waals surface area contributed by atoms with Crippen LogP contribution in [0.1, 0.15) is 41.2 Å². The number of hydrogen-bond acceptors (Lipinski definition) is 3. The lowest BCUT2D eigenvalue weighted by atomic mass is 10.1. The number of rotatable bonds is 4. The van der Waals surface area contributed by atoms with Gasteiger partial charge in [0, 0.05) is 7.11 Å². The average molecular weight is 346 g/mol. The molecule has 0 saturated carbocycles. The summed E-state index contributed by atoms with van der Waals surface area (Å²) in [6.07, 6.45) is 0. The van der Waals surface area contributed by atoms with E-state index < -0.39 is 11.5 Å². The van der Waals surface area contributed by atoms with Crippen LogP contribution in [-0.4, -0.2) is 28.2 Å². The highest BCUT2D eigenvalue weighted by Crippen LogP contribution is 2.19. The zero-order chi connectivity index (χ0) is 17.9. The van der Waals surface area contributed by atoms with Crippen molar-refractivity contribution >= 4 is 17.5 Å². The molecular formula is C18H20ClN3O2. The summed E-state index contributed by atoms with van der Waals surface area (Å²) in [4.78, 5) is 16.1. The lowest BCUT2D eigenvalue weighted by Crippen LogP contribution is -2.20. The number of hydrogen-bond donors (Lipinski definition) is 1. The Hall–Kier alpha value is -2.29. The fraction of sp³-hybridized carbons (Fsp3) is 0.333. The molecule has 5 nitrogen and oxygen atoms in total. The van der Waals surface area contributed by atoms with Gasteiger partial charge in [-0.3, -0.25) is 4.79 Å². The molecule has 1 aromatic heterocycles. The van der Waals surface area contributed by atoms with Crippen LogP contribution in [0.15, 0.2) is 24.3 Å². The first-order chi connectivity index (χ1) is 11.2. The number of nitrogens with zero attached hydrogens (tertiary/aromatic N) is 2. The quantitative estimate of drug-likeness (QED) is 0.866. The van der Waals surface area contributed by atoms with Gasteiger partial charge in [0.1, 0.15) is 17.0 Å². The van der Waals surface area contributed by atoms with Gasteiger partial charge in [0.2, 0.25) is 5.28 Å². The highest BCUT2D eigenvalue weighted by atomic mass is 35.5. The lowest BCUT2D eigenvalue weighted by molar-refractivity contribution is 0.0741. The molecular weight excluding hydrogens is 326 g/mol. The Bertz CT molecular complexity index is 811. The SMILES string of the molecule is COC(C)(C)C#Cc1nc(Cl)n(Cc2ccc(C)cc2)c1C(N)=O. The van der Waals surface area contributed by atoms with E-state index in [-0.39, 0.29) is 16.7 Å². The second-order valence-electron chi connectivity index (χ2n) is 5.98. The highest BCUT2D eigenvalue weighted by Gasteiger charge is 2.20. The van der Waals surface area contributed by atoms with Crippen molar-refractivity contribution in [3.05, 3.63) is 52.1 Å². The predicted molar refractivity (Wildman–Crippen MR) is 94.0 cm³/mol. The molecule has 0 atom stereocenters. The predicted octanol–water partition coefficient (Wildman–Crippen LogP) is 2.77. The van der Waals surface area contributed by atoms with Crippen molar-refractivity contribution in [3.63, 3.8) is 0 Å². The minimum atomic E-state index is -0.665. The molecule has 1 aromatic carbocycles. The van der Waals surface area contributed by atoms with E-state index in [1.807, 2.05) is 45.0 Å². The number of aryl methyl sites for hydroxylation is 1. The first-order valence-electron chi connectivity index (χ1n) is 7.43. The number of halogens is 1. The van der Waals surface area contributed by atoms with Gasteiger partial charge < -0.3 is 15.0 Å². The molecule has 2 aromatic rings. The molecule has 0 fully saturated rings. The van der Waals surface area contributed by atoms with Crippen molar-refractivity contribution in [3.8, 4) is 11.8 Å². The Labute approximate surface area is 146 Å². The van der Waals surface area contributed by atoms with Crippen LogP contribution in [0.4, 0.5) is 0 Å². The number of primary amides is 1.